The van der Waals surface area contributed by atoms with E-state index in [-0.39, 0.29) is 22.4 Å². The fraction of sp³-hybridized carbons (Fsp3) is 0.400. The number of H-pyrrole nitrogens is 1. The lowest BCUT2D eigenvalue weighted by Gasteiger charge is -2.27. The molecule has 1 saturated carbocycles. The average Bonchev–Trinajstić information content (AvgIpc) is 3.45. The van der Waals surface area contributed by atoms with Gasteiger partial charge in [0.1, 0.15) is 5.69 Å². The van der Waals surface area contributed by atoms with Gasteiger partial charge >= 0.3 is 5.97 Å². The first-order chi connectivity index (χ1) is 13.2. The topological polar surface area (TPSA) is 96.5 Å². The number of Topliss-reactive ketones (excluding diaryl/α,β-unsaturated/α-hetero) is 1. The van der Waals surface area contributed by atoms with E-state index in [1.807, 2.05) is 0 Å². The van der Waals surface area contributed by atoms with Gasteiger partial charge < -0.3 is 9.72 Å². The molecule has 0 radical (unpaired) electrons. The van der Waals surface area contributed by atoms with Gasteiger partial charge in [0.15, 0.2) is 5.78 Å². The zero-order valence-corrected chi connectivity index (χ0v) is 17.2. The number of nitrogens with zero attached hydrogens (tertiary/aromatic N) is 1. The largest absolute Gasteiger partial charge is 0.464 e. The Hall–Kier alpha value is -2.45. The van der Waals surface area contributed by atoms with Crippen molar-refractivity contribution < 1.29 is 22.7 Å². The summed E-state index contributed by atoms with van der Waals surface area (Å²) in [5.41, 5.74) is 1.53. The monoisotopic (exact) mass is 404 g/mol. The van der Waals surface area contributed by atoms with Gasteiger partial charge in [-0.25, -0.2) is 13.2 Å². The number of ether oxygens (including phenoxy) is 1. The quantitative estimate of drug-likeness (QED) is 0.565. The van der Waals surface area contributed by atoms with Crippen molar-refractivity contribution in [3.8, 4) is 0 Å². The standard InChI is InChI=1S/C20H24N2O5S/c1-12-17(13(2)21-18(12)20(24)27-4)19(23)14(3)22(15-10-11-15)28(25,26)16-8-6-5-7-9-16/h5-9,14-15,21H,10-11H2,1-4H3. The third kappa shape index (κ3) is 3.49. The van der Waals surface area contributed by atoms with Crippen LogP contribution in [-0.4, -0.2) is 48.7 Å². The Morgan fingerprint density at radius 3 is 2.32 bits per heavy atom. The molecule has 1 heterocycles. The van der Waals surface area contributed by atoms with Gasteiger partial charge in [0.2, 0.25) is 10.0 Å². The van der Waals surface area contributed by atoms with Gasteiger partial charge in [-0.2, -0.15) is 4.31 Å². The van der Waals surface area contributed by atoms with Crippen molar-refractivity contribution in [2.24, 2.45) is 0 Å². The van der Waals surface area contributed by atoms with Crippen molar-refractivity contribution in [2.45, 2.75) is 50.6 Å². The summed E-state index contributed by atoms with van der Waals surface area (Å²) >= 11 is 0. The van der Waals surface area contributed by atoms with E-state index in [0.29, 0.717) is 16.8 Å². The first kappa shape index (κ1) is 20.3. The molecule has 1 unspecified atom stereocenters. The average molecular weight is 404 g/mol. The first-order valence-corrected chi connectivity index (χ1v) is 10.5. The summed E-state index contributed by atoms with van der Waals surface area (Å²) in [6.07, 6.45) is 1.45. The zero-order valence-electron chi connectivity index (χ0n) is 16.4. The van der Waals surface area contributed by atoms with Crippen molar-refractivity contribution >= 4 is 21.8 Å². The molecule has 150 valence electrons. The third-order valence-electron chi connectivity index (χ3n) is 5.06. The van der Waals surface area contributed by atoms with Crippen LogP contribution in [0.3, 0.4) is 0 Å². The normalized spacial score (nSPS) is 15.5. The lowest BCUT2D eigenvalue weighted by atomic mass is 10.0. The smallest absolute Gasteiger partial charge is 0.354 e. The summed E-state index contributed by atoms with van der Waals surface area (Å²) in [6.45, 7) is 4.94. The van der Waals surface area contributed by atoms with Crippen LogP contribution < -0.4 is 0 Å². The molecule has 1 aromatic carbocycles. The molecule has 1 aliphatic carbocycles. The number of nitrogens with one attached hydrogen (secondary N) is 1. The minimum absolute atomic E-state index is 0.166. The maximum Gasteiger partial charge on any atom is 0.354 e. The molecule has 8 heteroatoms. The van der Waals surface area contributed by atoms with Gasteiger partial charge in [0.05, 0.1) is 18.0 Å². The Balaban J connectivity index is 2.00. The molecular weight excluding hydrogens is 380 g/mol. The molecule has 0 aliphatic heterocycles. The molecule has 1 N–H and O–H groups in total. The second-order valence-electron chi connectivity index (χ2n) is 7.04. The van der Waals surface area contributed by atoms with Gasteiger partial charge in [-0.05, 0) is 51.3 Å². The number of benzene rings is 1. The van der Waals surface area contributed by atoms with Gasteiger partial charge in [-0.15, -0.1) is 0 Å². The number of methoxy groups -OCH3 is 1. The highest BCUT2D eigenvalue weighted by molar-refractivity contribution is 7.89. The van der Waals surface area contributed by atoms with Crippen LogP contribution in [0, 0.1) is 13.8 Å². The van der Waals surface area contributed by atoms with Crippen LogP contribution in [0.5, 0.6) is 0 Å². The molecule has 28 heavy (non-hydrogen) atoms. The molecule has 1 aliphatic rings. The van der Waals surface area contributed by atoms with Crippen LogP contribution in [0.1, 0.15) is 51.9 Å². The highest BCUT2D eigenvalue weighted by atomic mass is 32.2. The van der Waals surface area contributed by atoms with Crippen molar-refractivity contribution in [1.29, 1.82) is 0 Å². The number of carbonyl (C=O) groups excluding carboxylic acids is 2. The fourth-order valence-corrected chi connectivity index (χ4v) is 5.37. The highest BCUT2D eigenvalue weighted by Gasteiger charge is 2.44. The highest BCUT2D eigenvalue weighted by Crippen LogP contribution is 2.35. The number of aryl methyl sites for hydroxylation is 1. The first-order valence-electron chi connectivity index (χ1n) is 9.10. The van der Waals surface area contributed by atoms with E-state index in [1.165, 1.54) is 23.5 Å². The van der Waals surface area contributed by atoms with E-state index in [2.05, 4.69) is 4.98 Å². The minimum atomic E-state index is -3.82. The minimum Gasteiger partial charge on any atom is -0.464 e. The van der Waals surface area contributed by atoms with Crippen molar-refractivity contribution in [3.05, 3.63) is 52.8 Å². The van der Waals surface area contributed by atoms with Gasteiger partial charge in [-0.3, -0.25) is 4.79 Å². The van der Waals surface area contributed by atoms with E-state index < -0.39 is 22.0 Å². The van der Waals surface area contributed by atoms with Crippen molar-refractivity contribution in [1.82, 2.24) is 9.29 Å². The van der Waals surface area contributed by atoms with E-state index >= 15 is 0 Å². The molecule has 0 amide bonds. The van der Waals surface area contributed by atoms with Crippen molar-refractivity contribution in [3.63, 3.8) is 0 Å². The summed E-state index contributed by atoms with van der Waals surface area (Å²) < 4.78 is 32.5. The Bertz CT molecular complexity index is 1010. The Labute approximate surface area is 164 Å². The SMILES string of the molecule is COC(=O)c1[nH]c(C)c(C(=O)C(C)N(C2CC2)S(=O)(=O)c2ccccc2)c1C. The Morgan fingerprint density at radius 1 is 1.18 bits per heavy atom. The zero-order chi connectivity index (χ0) is 20.6. The van der Waals surface area contributed by atoms with E-state index in [4.69, 9.17) is 4.74 Å². The molecule has 1 fully saturated rings. The number of hydrogen-bond acceptors (Lipinski definition) is 5. The van der Waals surface area contributed by atoms with Crippen LogP contribution in [0.15, 0.2) is 35.2 Å². The molecular formula is C20H24N2O5S. The summed E-state index contributed by atoms with van der Waals surface area (Å²) in [7, 11) is -2.55. The number of ketones is 1. The Kier molecular flexibility index (Phi) is 5.45. The lowest BCUT2D eigenvalue weighted by Crippen LogP contribution is -2.44. The predicted molar refractivity (Wildman–Crippen MR) is 104 cm³/mol. The number of sulfonamides is 1. The van der Waals surface area contributed by atoms with Crippen LogP contribution in [0.2, 0.25) is 0 Å². The summed E-state index contributed by atoms with van der Waals surface area (Å²) in [5.74, 6) is -0.906. The maximum absolute atomic E-state index is 13.3. The molecule has 0 saturated heterocycles. The number of esters is 1. The van der Waals surface area contributed by atoms with Gasteiger partial charge in [0, 0.05) is 17.3 Å². The van der Waals surface area contributed by atoms with E-state index in [1.54, 1.807) is 39.0 Å². The number of aromatic nitrogens is 1. The van der Waals surface area contributed by atoms with E-state index in [9.17, 15) is 18.0 Å². The van der Waals surface area contributed by atoms with Crippen LogP contribution in [0.25, 0.3) is 0 Å². The second kappa shape index (κ2) is 7.52. The van der Waals surface area contributed by atoms with Crippen molar-refractivity contribution in [2.75, 3.05) is 7.11 Å². The van der Waals surface area contributed by atoms with E-state index in [0.717, 1.165) is 12.8 Å². The van der Waals surface area contributed by atoms with Crippen LogP contribution >= 0.6 is 0 Å². The number of hydrogen-bond donors (Lipinski definition) is 1. The molecule has 1 atom stereocenters. The summed E-state index contributed by atoms with van der Waals surface area (Å²) in [6, 6.07) is 7.05. The molecule has 1 aromatic heterocycles. The molecule has 0 bridgehead atoms. The maximum atomic E-state index is 13.3. The second-order valence-corrected chi connectivity index (χ2v) is 8.88. The molecule has 7 nitrogen and oxygen atoms in total. The number of carbonyl (C=O) groups is 2. The summed E-state index contributed by atoms with van der Waals surface area (Å²) in [5, 5.41) is 0. The Morgan fingerprint density at radius 2 is 1.79 bits per heavy atom. The lowest BCUT2D eigenvalue weighted by molar-refractivity contribution is 0.0594. The van der Waals surface area contributed by atoms with Crippen LogP contribution in [-0.2, 0) is 14.8 Å². The number of rotatable bonds is 7. The van der Waals surface area contributed by atoms with Gasteiger partial charge in [0.25, 0.3) is 0 Å². The fourth-order valence-electron chi connectivity index (χ4n) is 3.51. The van der Waals surface area contributed by atoms with Crippen LogP contribution in [0.4, 0.5) is 0 Å². The molecule has 0 spiro atoms. The molecule has 3 rings (SSSR count). The number of aromatic amines is 1. The molecule has 2 aromatic rings. The summed E-state index contributed by atoms with van der Waals surface area (Å²) in [4.78, 5) is 28.3. The third-order valence-corrected chi connectivity index (χ3v) is 7.10. The predicted octanol–water partition coefficient (Wildman–Crippen LogP) is 2.84. The van der Waals surface area contributed by atoms with Gasteiger partial charge in [-0.1, -0.05) is 18.2 Å².